The maximum atomic E-state index is 3.91. The Bertz CT molecular complexity index is 594. The molecular formula is C19H23BN2. The van der Waals surface area contributed by atoms with E-state index in [0.717, 1.165) is 0 Å². The Morgan fingerprint density at radius 3 is 1.68 bits per heavy atom. The van der Waals surface area contributed by atoms with Crippen LogP contribution in [-0.2, 0) is 0 Å². The lowest BCUT2D eigenvalue weighted by Gasteiger charge is -2.11. The zero-order chi connectivity index (χ0) is 15.8. The lowest BCUT2D eigenvalue weighted by atomic mass is 9.76. The maximum Gasteiger partial charge on any atom is 0.116 e. The molecule has 0 aliphatic heterocycles. The van der Waals surface area contributed by atoms with Gasteiger partial charge in [0.05, 0.1) is 6.33 Å². The van der Waals surface area contributed by atoms with Crippen LogP contribution >= 0.6 is 0 Å². The topological polar surface area (TPSA) is 17.8 Å². The molecule has 0 bridgehead atoms. The van der Waals surface area contributed by atoms with Crippen LogP contribution in [0.4, 0.5) is 0 Å². The third-order valence-corrected chi connectivity index (χ3v) is 3.72. The molecule has 3 rings (SSSR count). The van der Waals surface area contributed by atoms with Gasteiger partial charge in [0.2, 0.25) is 0 Å². The summed E-state index contributed by atoms with van der Waals surface area (Å²) in [5, 5.41) is 0. The zero-order valence-corrected chi connectivity index (χ0v) is 13.6. The predicted molar refractivity (Wildman–Crippen MR) is 95.9 cm³/mol. The van der Waals surface area contributed by atoms with Crippen molar-refractivity contribution in [1.82, 2.24) is 9.55 Å². The van der Waals surface area contributed by atoms with Crippen LogP contribution in [0, 0.1) is 0 Å². The van der Waals surface area contributed by atoms with E-state index in [1.807, 2.05) is 12.5 Å². The number of benzene rings is 2. The molecule has 2 nitrogen and oxygen atoms in total. The molecule has 0 radical (unpaired) electrons. The van der Waals surface area contributed by atoms with Crippen molar-refractivity contribution in [1.29, 1.82) is 0 Å². The summed E-state index contributed by atoms with van der Waals surface area (Å²) >= 11 is 0. The average molecular weight is 290 g/mol. The van der Waals surface area contributed by atoms with Crippen LogP contribution in [0.15, 0.2) is 79.4 Å². The smallest absolute Gasteiger partial charge is 0.116 e. The second kappa shape index (κ2) is 8.23. The number of hydrogen-bond donors (Lipinski definition) is 0. The van der Waals surface area contributed by atoms with Gasteiger partial charge in [-0.05, 0) is 30.8 Å². The minimum absolute atomic E-state index is 0.484. The number of nitrogens with zero attached hydrogens (tertiary/aromatic N) is 2. The summed E-state index contributed by atoms with van der Waals surface area (Å²) in [6, 6.07) is 21.7. The molecular weight excluding hydrogens is 267 g/mol. The fraction of sp³-hybridized carbons (Fsp3) is 0.211. The standard InChI is InChI=1S/C13H13B.C6H10N2/c14-13(11-7-3-1-4-8-11)12-9-5-2-6-10-12;1-6(2)8-4-3-7-5-8/h1-10,13H,14H2;3-6H,1-2H3. The molecule has 0 aliphatic carbocycles. The third-order valence-electron chi connectivity index (χ3n) is 3.72. The highest BCUT2D eigenvalue weighted by Gasteiger charge is 2.05. The van der Waals surface area contributed by atoms with E-state index in [2.05, 4.69) is 91.9 Å². The summed E-state index contributed by atoms with van der Waals surface area (Å²) in [4.78, 5) is 3.91. The van der Waals surface area contributed by atoms with Crippen molar-refractivity contribution in [2.75, 3.05) is 0 Å². The Balaban J connectivity index is 0.000000188. The molecule has 3 aromatic rings. The highest BCUT2D eigenvalue weighted by atomic mass is 15.0. The van der Waals surface area contributed by atoms with E-state index in [1.54, 1.807) is 6.20 Å². The molecule has 3 heteroatoms. The van der Waals surface area contributed by atoms with E-state index in [9.17, 15) is 0 Å². The molecule has 2 aromatic carbocycles. The van der Waals surface area contributed by atoms with Crippen molar-refractivity contribution >= 4 is 7.85 Å². The maximum absolute atomic E-state index is 3.91. The van der Waals surface area contributed by atoms with E-state index < -0.39 is 0 Å². The molecule has 0 spiro atoms. The predicted octanol–water partition coefficient (Wildman–Crippen LogP) is 3.87. The minimum Gasteiger partial charge on any atom is -0.335 e. The Labute approximate surface area is 134 Å². The van der Waals surface area contributed by atoms with Gasteiger partial charge in [-0.2, -0.15) is 0 Å². The van der Waals surface area contributed by atoms with Crippen LogP contribution in [0.25, 0.3) is 0 Å². The Morgan fingerprint density at radius 2 is 1.36 bits per heavy atom. The van der Waals surface area contributed by atoms with Crippen LogP contribution in [0.1, 0.15) is 36.8 Å². The largest absolute Gasteiger partial charge is 0.335 e. The molecule has 0 atom stereocenters. The van der Waals surface area contributed by atoms with Gasteiger partial charge in [-0.3, -0.25) is 0 Å². The van der Waals surface area contributed by atoms with Gasteiger partial charge in [-0.15, -0.1) is 0 Å². The van der Waals surface area contributed by atoms with Gasteiger partial charge < -0.3 is 4.57 Å². The van der Waals surface area contributed by atoms with E-state index in [4.69, 9.17) is 0 Å². The molecule has 0 fully saturated rings. The van der Waals surface area contributed by atoms with Crippen LogP contribution < -0.4 is 0 Å². The minimum atomic E-state index is 0.484. The van der Waals surface area contributed by atoms with E-state index in [1.165, 1.54) is 11.1 Å². The Hall–Kier alpha value is -2.29. The molecule has 0 aliphatic rings. The number of imidazole rings is 1. The van der Waals surface area contributed by atoms with E-state index in [0.29, 0.717) is 11.9 Å². The first-order chi connectivity index (χ1) is 10.7. The summed E-state index contributed by atoms with van der Waals surface area (Å²) in [7, 11) is 2.24. The number of rotatable bonds is 3. The van der Waals surface area contributed by atoms with Crippen LogP contribution in [0.2, 0.25) is 0 Å². The van der Waals surface area contributed by atoms with Gasteiger partial charge in [-0.1, -0.05) is 60.7 Å². The molecule has 0 unspecified atom stereocenters. The van der Waals surface area contributed by atoms with E-state index in [-0.39, 0.29) is 0 Å². The highest BCUT2D eigenvalue weighted by molar-refractivity contribution is 6.14. The fourth-order valence-electron chi connectivity index (χ4n) is 2.25. The summed E-state index contributed by atoms with van der Waals surface area (Å²) in [6.45, 7) is 4.25. The van der Waals surface area contributed by atoms with Gasteiger partial charge in [0.25, 0.3) is 0 Å². The molecule has 0 saturated carbocycles. The van der Waals surface area contributed by atoms with Crippen molar-refractivity contribution in [3.05, 3.63) is 90.5 Å². The summed E-state index contributed by atoms with van der Waals surface area (Å²) in [6.07, 6.45) is 5.58. The second-order valence-corrected chi connectivity index (χ2v) is 5.65. The van der Waals surface area contributed by atoms with Gasteiger partial charge in [0.15, 0.2) is 0 Å². The average Bonchev–Trinajstić information content (AvgIpc) is 3.11. The van der Waals surface area contributed by atoms with Gasteiger partial charge in [-0.25, -0.2) is 4.98 Å². The second-order valence-electron chi connectivity index (χ2n) is 5.65. The van der Waals surface area contributed by atoms with Crippen molar-refractivity contribution in [2.24, 2.45) is 0 Å². The van der Waals surface area contributed by atoms with Crippen molar-refractivity contribution in [2.45, 2.75) is 25.7 Å². The molecule has 0 saturated heterocycles. The molecule has 0 N–H and O–H groups in total. The molecule has 0 amide bonds. The molecule has 22 heavy (non-hydrogen) atoms. The first-order valence-corrected chi connectivity index (χ1v) is 7.76. The van der Waals surface area contributed by atoms with Gasteiger partial charge in [0.1, 0.15) is 7.85 Å². The Kier molecular flexibility index (Phi) is 6.02. The van der Waals surface area contributed by atoms with Crippen molar-refractivity contribution in [3.63, 3.8) is 0 Å². The highest BCUT2D eigenvalue weighted by Crippen LogP contribution is 2.20. The molecule has 1 aromatic heterocycles. The van der Waals surface area contributed by atoms with Crippen molar-refractivity contribution in [3.8, 4) is 0 Å². The first-order valence-electron chi connectivity index (χ1n) is 7.76. The summed E-state index contributed by atoms with van der Waals surface area (Å²) < 4.78 is 2.06. The molecule has 112 valence electrons. The number of hydrogen-bond acceptors (Lipinski definition) is 1. The summed E-state index contributed by atoms with van der Waals surface area (Å²) in [5.74, 6) is 0.484. The Morgan fingerprint density at radius 1 is 0.864 bits per heavy atom. The van der Waals surface area contributed by atoms with Crippen LogP contribution in [0.3, 0.4) is 0 Å². The van der Waals surface area contributed by atoms with Crippen molar-refractivity contribution < 1.29 is 0 Å². The molecule has 1 heterocycles. The van der Waals surface area contributed by atoms with Gasteiger partial charge >= 0.3 is 0 Å². The summed E-state index contributed by atoms with van der Waals surface area (Å²) in [5.41, 5.74) is 2.75. The van der Waals surface area contributed by atoms with Crippen LogP contribution in [0.5, 0.6) is 0 Å². The fourth-order valence-corrected chi connectivity index (χ4v) is 2.25. The van der Waals surface area contributed by atoms with Gasteiger partial charge in [0, 0.05) is 18.4 Å². The van der Waals surface area contributed by atoms with Crippen LogP contribution in [-0.4, -0.2) is 17.4 Å². The third kappa shape index (κ3) is 4.62. The first kappa shape index (κ1) is 16.1. The normalized spacial score (nSPS) is 10.4. The van der Waals surface area contributed by atoms with E-state index >= 15 is 0 Å². The zero-order valence-electron chi connectivity index (χ0n) is 13.6. The monoisotopic (exact) mass is 290 g/mol. The quantitative estimate of drug-likeness (QED) is 0.669. The lowest BCUT2D eigenvalue weighted by Crippen LogP contribution is -1.99. The number of aromatic nitrogens is 2. The lowest BCUT2D eigenvalue weighted by molar-refractivity contribution is 0.600. The SMILES string of the molecule is BC(c1ccccc1)c1ccccc1.CC(C)n1ccnc1.